The van der Waals surface area contributed by atoms with Crippen LogP contribution >= 0.6 is 0 Å². The molecule has 0 saturated carbocycles. The SMILES string of the molecule is CCc1ccc(-c2cnc(-c3ccc(C)c(F)c3F)nc2)cc1F. The Bertz CT molecular complexity index is 890. The van der Waals surface area contributed by atoms with Crippen LogP contribution in [0.15, 0.2) is 42.7 Å². The number of nitrogens with zero attached hydrogens (tertiary/aromatic N) is 2. The molecule has 3 rings (SSSR count). The minimum atomic E-state index is -0.971. The fourth-order valence-electron chi connectivity index (χ4n) is 2.45. The van der Waals surface area contributed by atoms with E-state index in [9.17, 15) is 13.2 Å². The largest absolute Gasteiger partial charge is 0.236 e. The number of benzene rings is 2. The molecule has 0 spiro atoms. The summed E-state index contributed by atoms with van der Waals surface area (Å²) < 4.78 is 41.6. The van der Waals surface area contributed by atoms with E-state index in [2.05, 4.69) is 9.97 Å². The summed E-state index contributed by atoms with van der Waals surface area (Å²) in [6.45, 7) is 3.37. The normalized spacial score (nSPS) is 10.9. The molecule has 0 aliphatic heterocycles. The third kappa shape index (κ3) is 2.89. The second kappa shape index (κ2) is 6.43. The van der Waals surface area contributed by atoms with Crippen molar-refractivity contribution in [1.29, 1.82) is 0 Å². The number of hydrogen-bond acceptors (Lipinski definition) is 2. The van der Waals surface area contributed by atoms with Crippen molar-refractivity contribution in [1.82, 2.24) is 9.97 Å². The minimum absolute atomic E-state index is 0.00263. The van der Waals surface area contributed by atoms with E-state index in [-0.39, 0.29) is 22.8 Å². The van der Waals surface area contributed by atoms with Crippen LogP contribution in [0.5, 0.6) is 0 Å². The summed E-state index contributed by atoms with van der Waals surface area (Å²) in [7, 11) is 0. The molecule has 0 fully saturated rings. The van der Waals surface area contributed by atoms with Gasteiger partial charge in [-0.1, -0.05) is 25.1 Å². The van der Waals surface area contributed by atoms with E-state index >= 15 is 0 Å². The molecule has 0 radical (unpaired) electrons. The van der Waals surface area contributed by atoms with Crippen molar-refractivity contribution in [3.63, 3.8) is 0 Å². The van der Waals surface area contributed by atoms with Gasteiger partial charge in [-0.15, -0.1) is 0 Å². The summed E-state index contributed by atoms with van der Waals surface area (Å²) in [6, 6.07) is 7.84. The summed E-state index contributed by atoms with van der Waals surface area (Å²) >= 11 is 0. The van der Waals surface area contributed by atoms with Crippen LogP contribution in [0.4, 0.5) is 13.2 Å². The molecule has 24 heavy (non-hydrogen) atoms. The van der Waals surface area contributed by atoms with E-state index in [4.69, 9.17) is 0 Å². The molecule has 0 unspecified atom stereocenters. The maximum atomic E-state index is 14.0. The van der Waals surface area contributed by atoms with Crippen LogP contribution in [0, 0.1) is 24.4 Å². The summed E-state index contributed by atoms with van der Waals surface area (Å²) in [5, 5.41) is 0. The van der Waals surface area contributed by atoms with Gasteiger partial charge < -0.3 is 0 Å². The number of halogens is 3. The van der Waals surface area contributed by atoms with Gasteiger partial charge in [0.25, 0.3) is 0 Å². The molecule has 0 bridgehead atoms. The summed E-state index contributed by atoms with van der Waals surface area (Å²) in [5.41, 5.74) is 2.09. The molecule has 2 nitrogen and oxygen atoms in total. The zero-order valence-corrected chi connectivity index (χ0v) is 13.3. The van der Waals surface area contributed by atoms with E-state index < -0.39 is 11.6 Å². The first-order valence-electron chi connectivity index (χ1n) is 7.57. The topological polar surface area (TPSA) is 25.8 Å². The highest BCUT2D eigenvalue weighted by Crippen LogP contribution is 2.26. The summed E-state index contributed by atoms with van der Waals surface area (Å²) in [4.78, 5) is 8.18. The van der Waals surface area contributed by atoms with Gasteiger partial charge in [0.2, 0.25) is 0 Å². The Kier molecular flexibility index (Phi) is 4.34. The van der Waals surface area contributed by atoms with Gasteiger partial charge in [0.05, 0.1) is 5.56 Å². The molecule has 2 aromatic carbocycles. The van der Waals surface area contributed by atoms with Crippen molar-refractivity contribution in [2.24, 2.45) is 0 Å². The standard InChI is InChI=1S/C19H15F3N2/c1-3-12-5-6-13(8-16(12)20)14-9-23-19(24-10-14)15-7-4-11(2)17(21)18(15)22/h4-10H,3H2,1-2H3. The molecule has 1 aromatic heterocycles. The molecule has 0 aliphatic rings. The van der Waals surface area contributed by atoms with Gasteiger partial charge in [-0.25, -0.2) is 23.1 Å². The van der Waals surface area contributed by atoms with E-state index in [0.717, 1.165) is 0 Å². The molecular formula is C19H15F3N2. The lowest BCUT2D eigenvalue weighted by Gasteiger charge is -2.07. The average Bonchev–Trinajstić information content (AvgIpc) is 2.60. The number of aryl methyl sites for hydroxylation is 2. The van der Waals surface area contributed by atoms with E-state index in [1.165, 1.54) is 37.5 Å². The van der Waals surface area contributed by atoms with Crippen molar-refractivity contribution in [3.05, 3.63) is 71.3 Å². The number of aromatic nitrogens is 2. The smallest absolute Gasteiger partial charge is 0.170 e. The van der Waals surface area contributed by atoms with E-state index in [0.29, 0.717) is 23.1 Å². The van der Waals surface area contributed by atoms with E-state index in [1.54, 1.807) is 12.1 Å². The maximum Gasteiger partial charge on any atom is 0.170 e. The van der Waals surface area contributed by atoms with Crippen molar-refractivity contribution in [3.8, 4) is 22.5 Å². The number of rotatable bonds is 3. The molecule has 1 heterocycles. The van der Waals surface area contributed by atoms with Gasteiger partial charge in [0.15, 0.2) is 17.5 Å². The Hall–Kier alpha value is -2.69. The lowest BCUT2D eigenvalue weighted by atomic mass is 10.0. The highest BCUT2D eigenvalue weighted by molar-refractivity contribution is 5.64. The molecule has 0 amide bonds. The molecule has 0 N–H and O–H groups in total. The molecule has 122 valence electrons. The van der Waals surface area contributed by atoms with Crippen molar-refractivity contribution >= 4 is 0 Å². The molecule has 0 aliphatic carbocycles. The van der Waals surface area contributed by atoms with E-state index in [1.807, 2.05) is 6.92 Å². The van der Waals surface area contributed by atoms with Crippen molar-refractivity contribution < 1.29 is 13.2 Å². The van der Waals surface area contributed by atoms with Crippen LogP contribution in [0.1, 0.15) is 18.1 Å². The quantitative estimate of drug-likeness (QED) is 0.668. The summed E-state index contributed by atoms with van der Waals surface area (Å²) in [5.74, 6) is -2.08. The lowest BCUT2D eigenvalue weighted by Crippen LogP contribution is -1.97. The second-order valence-corrected chi connectivity index (χ2v) is 5.51. The predicted molar refractivity (Wildman–Crippen MR) is 86.9 cm³/mol. The van der Waals surface area contributed by atoms with Gasteiger partial charge in [0, 0.05) is 18.0 Å². The van der Waals surface area contributed by atoms with Crippen LogP contribution in [-0.4, -0.2) is 9.97 Å². The highest BCUT2D eigenvalue weighted by Gasteiger charge is 2.14. The van der Waals surface area contributed by atoms with Crippen LogP contribution in [0.2, 0.25) is 0 Å². The van der Waals surface area contributed by atoms with Crippen molar-refractivity contribution in [2.45, 2.75) is 20.3 Å². The molecular weight excluding hydrogens is 313 g/mol. The second-order valence-electron chi connectivity index (χ2n) is 5.51. The van der Waals surface area contributed by atoms with Crippen LogP contribution in [-0.2, 0) is 6.42 Å². The molecule has 3 aromatic rings. The Morgan fingerprint density at radius 1 is 0.875 bits per heavy atom. The zero-order valence-electron chi connectivity index (χ0n) is 13.3. The van der Waals surface area contributed by atoms with Gasteiger partial charge >= 0.3 is 0 Å². The van der Waals surface area contributed by atoms with Crippen LogP contribution in [0.3, 0.4) is 0 Å². The van der Waals surface area contributed by atoms with Crippen LogP contribution < -0.4 is 0 Å². The average molecular weight is 328 g/mol. The molecule has 0 saturated heterocycles. The molecule has 5 heteroatoms. The summed E-state index contributed by atoms with van der Waals surface area (Å²) in [6.07, 6.45) is 3.56. The predicted octanol–water partition coefficient (Wildman–Crippen LogP) is 5.10. The lowest BCUT2D eigenvalue weighted by molar-refractivity contribution is 0.505. The van der Waals surface area contributed by atoms with Gasteiger partial charge in [-0.05, 0) is 42.2 Å². The van der Waals surface area contributed by atoms with Crippen LogP contribution in [0.25, 0.3) is 22.5 Å². The molecule has 0 atom stereocenters. The monoisotopic (exact) mass is 328 g/mol. The third-order valence-electron chi connectivity index (χ3n) is 3.94. The first kappa shape index (κ1) is 16.2. The maximum absolute atomic E-state index is 14.0. The van der Waals surface area contributed by atoms with Gasteiger partial charge in [-0.2, -0.15) is 0 Å². The minimum Gasteiger partial charge on any atom is -0.236 e. The Labute approximate surface area is 138 Å². The first-order chi connectivity index (χ1) is 11.5. The number of hydrogen-bond donors (Lipinski definition) is 0. The Morgan fingerprint density at radius 3 is 2.21 bits per heavy atom. The highest BCUT2D eigenvalue weighted by atomic mass is 19.2. The Morgan fingerprint density at radius 2 is 1.58 bits per heavy atom. The van der Waals surface area contributed by atoms with Gasteiger partial charge in [-0.3, -0.25) is 0 Å². The zero-order chi connectivity index (χ0) is 17.3. The fourth-order valence-corrected chi connectivity index (χ4v) is 2.45. The third-order valence-corrected chi connectivity index (χ3v) is 3.94. The first-order valence-corrected chi connectivity index (χ1v) is 7.57. The Balaban J connectivity index is 1.97. The fraction of sp³-hybridized carbons (Fsp3) is 0.158. The van der Waals surface area contributed by atoms with Crippen molar-refractivity contribution in [2.75, 3.05) is 0 Å². The van der Waals surface area contributed by atoms with Gasteiger partial charge in [0.1, 0.15) is 5.82 Å².